The number of rotatable bonds is 5. The summed E-state index contributed by atoms with van der Waals surface area (Å²) >= 11 is 1.74. The lowest BCUT2D eigenvalue weighted by molar-refractivity contribution is 0.352. The lowest BCUT2D eigenvalue weighted by atomic mass is 10.2. The second-order valence-corrected chi connectivity index (χ2v) is 4.76. The van der Waals surface area contributed by atoms with Crippen molar-refractivity contribution in [1.29, 1.82) is 0 Å². The van der Waals surface area contributed by atoms with Crippen LogP contribution in [0, 0.1) is 6.92 Å². The van der Waals surface area contributed by atoms with Gasteiger partial charge in [-0.2, -0.15) is 16.7 Å². The predicted octanol–water partition coefficient (Wildman–Crippen LogP) is 2.39. The number of furan rings is 1. The molecule has 0 aliphatic rings. The summed E-state index contributed by atoms with van der Waals surface area (Å²) in [6.07, 6.45) is 4.46. The Kier molecular flexibility index (Phi) is 3.86. The van der Waals surface area contributed by atoms with Gasteiger partial charge in [-0.1, -0.05) is 5.16 Å². The Hall–Kier alpha value is -1.27. The number of nitrogens with zero attached hydrogens (tertiary/aromatic N) is 2. The summed E-state index contributed by atoms with van der Waals surface area (Å²) in [6.45, 7) is 1.93. The summed E-state index contributed by atoms with van der Waals surface area (Å²) < 4.78 is 10.4. The van der Waals surface area contributed by atoms with E-state index in [1.807, 2.05) is 19.2 Å². The molecule has 0 saturated heterocycles. The van der Waals surface area contributed by atoms with Crippen molar-refractivity contribution in [3.8, 4) is 11.6 Å². The lowest BCUT2D eigenvalue weighted by Gasteiger charge is -2.03. The van der Waals surface area contributed by atoms with Crippen LogP contribution in [0.15, 0.2) is 21.3 Å². The zero-order chi connectivity index (χ0) is 12.3. The molecule has 1 atom stereocenters. The molecule has 92 valence electrons. The van der Waals surface area contributed by atoms with E-state index in [1.54, 1.807) is 18.0 Å². The first-order valence-corrected chi connectivity index (χ1v) is 6.74. The highest BCUT2D eigenvalue weighted by Gasteiger charge is 2.17. The van der Waals surface area contributed by atoms with E-state index in [-0.39, 0.29) is 6.04 Å². The molecule has 2 aromatic heterocycles. The normalized spacial score (nSPS) is 12.9. The molecule has 0 radical (unpaired) electrons. The molecule has 5 nitrogen and oxygen atoms in total. The van der Waals surface area contributed by atoms with Crippen molar-refractivity contribution in [2.24, 2.45) is 5.73 Å². The molecule has 17 heavy (non-hydrogen) atoms. The van der Waals surface area contributed by atoms with Crippen molar-refractivity contribution in [2.75, 3.05) is 12.0 Å². The Morgan fingerprint density at radius 2 is 2.35 bits per heavy atom. The fourth-order valence-corrected chi connectivity index (χ4v) is 1.94. The van der Waals surface area contributed by atoms with Gasteiger partial charge in [0.25, 0.3) is 0 Å². The number of hydrogen-bond donors (Lipinski definition) is 1. The largest absolute Gasteiger partial charge is 0.461 e. The van der Waals surface area contributed by atoms with Crippen LogP contribution in [-0.2, 0) is 0 Å². The summed E-state index contributed by atoms with van der Waals surface area (Å²) in [5.41, 5.74) is 6.93. The van der Waals surface area contributed by atoms with Crippen molar-refractivity contribution in [3.63, 3.8) is 0 Å². The third-order valence-corrected chi connectivity index (χ3v) is 3.10. The lowest BCUT2D eigenvalue weighted by Crippen LogP contribution is -2.11. The maximum Gasteiger partial charge on any atom is 0.244 e. The topological polar surface area (TPSA) is 78.1 Å². The van der Waals surface area contributed by atoms with Crippen LogP contribution in [0.1, 0.15) is 23.9 Å². The Labute approximate surface area is 104 Å². The van der Waals surface area contributed by atoms with Gasteiger partial charge in [-0.05, 0) is 37.0 Å². The molecule has 0 unspecified atom stereocenters. The van der Waals surface area contributed by atoms with Crippen LogP contribution >= 0.6 is 11.8 Å². The van der Waals surface area contributed by atoms with Crippen LogP contribution in [0.2, 0.25) is 0 Å². The van der Waals surface area contributed by atoms with Crippen molar-refractivity contribution in [2.45, 2.75) is 19.4 Å². The minimum absolute atomic E-state index is 0.209. The van der Waals surface area contributed by atoms with Crippen molar-refractivity contribution >= 4 is 11.8 Å². The second kappa shape index (κ2) is 5.37. The standard InChI is InChI=1S/C11H15N3O2S/c1-7-3-5-15-9(7)10-13-11(16-14-10)8(12)4-6-17-2/h3,5,8H,4,6,12H2,1-2H3/t8-/m0/s1. The zero-order valence-corrected chi connectivity index (χ0v) is 10.7. The predicted molar refractivity (Wildman–Crippen MR) is 66.7 cm³/mol. The van der Waals surface area contributed by atoms with E-state index in [1.165, 1.54) is 0 Å². The molecule has 2 rings (SSSR count). The SMILES string of the molecule is CSCC[C@H](N)c1nc(-c2occc2C)no1. The first kappa shape index (κ1) is 12.2. The van der Waals surface area contributed by atoms with Gasteiger partial charge in [0.15, 0.2) is 5.76 Å². The second-order valence-electron chi connectivity index (χ2n) is 3.78. The molecule has 0 bridgehead atoms. The van der Waals surface area contributed by atoms with Gasteiger partial charge in [-0.3, -0.25) is 0 Å². The molecule has 2 N–H and O–H groups in total. The Morgan fingerprint density at radius 1 is 1.53 bits per heavy atom. The van der Waals surface area contributed by atoms with E-state index in [0.29, 0.717) is 17.5 Å². The van der Waals surface area contributed by atoms with Gasteiger partial charge < -0.3 is 14.7 Å². The summed E-state index contributed by atoms with van der Waals surface area (Å²) in [5, 5.41) is 3.88. The Balaban J connectivity index is 2.13. The molecule has 0 aliphatic heterocycles. The first-order valence-electron chi connectivity index (χ1n) is 5.35. The van der Waals surface area contributed by atoms with Gasteiger partial charge in [0, 0.05) is 0 Å². The van der Waals surface area contributed by atoms with Gasteiger partial charge in [0.05, 0.1) is 12.3 Å². The van der Waals surface area contributed by atoms with Crippen LogP contribution < -0.4 is 5.73 Å². The third-order valence-electron chi connectivity index (χ3n) is 2.46. The highest BCUT2D eigenvalue weighted by molar-refractivity contribution is 7.98. The fourth-order valence-electron chi connectivity index (χ4n) is 1.45. The van der Waals surface area contributed by atoms with Crippen molar-refractivity contribution < 1.29 is 8.94 Å². The molecule has 0 fully saturated rings. The molecule has 2 heterocycles. The monoisotopic (exact) mass is 253 g/mol. The van der Waals surface area contributed by atoms with Gasteiger partial charge in [-0.15, -0.1) is 0 Å². The number of aromatic nitrogens is 2. The van der Waals surface area contributed by atoms with Gasteiger partial charge in [0.2, 0.25) is 11.7 Å². The number of hydrogen-bond acceptors (Lipinski definition) is 6. The first-order chi connectivity index (χ1) is 8.22. The molecule has 0 amide bonds. The Bertz CT molecular complexity index is 481. The number of aryl methyl sites for hydroxylation is 1. The summed E-state index contributed by atoms with van der Waals surface area (Å²) in [6, 6.07) is 1.65. The molecule has 6 heteroatoms. The zero-order valence-electron chi connectivity index (χ0n) is 9.84. The number of thioether (sulfide) groups is 1. The molecule has 0 spiro atoms. The van der Waals surface area contributed by atoms with E-state index in [4.69, 9.17) is 14.7 Å². The Morgan fingerprint density at radius 3 is 3.00 bits per heavy atom. The summed E-state index contributed by atoms with van der Waals surface area (Å²) in [4.78, 5) is 4.26. The van der Waals surface area contributed by atoms with E-state index < -0.39 is 0 Å². The molecular formula is C11H15N3O2S. The van der Waals surface area contributed by atoms with Gasteiger partial charge in [0.1, 0.15) is 0 Å². The minimum Gasteiger partial charge on any atom is -0.461 e. The molecular weight excluding hydrogens is 238 g/mol. The van der Waals surface area contributed by atoms with Crippen LogP contribution in [-0.4, -0.2) is 22.1 Å². The van der Waals surface area contributed by atoms with E-state index >= 15 is 0 Å². The fraction of sp³-hybridized carbons (Fsp3) is 0.455. The number of nitrogens with two attached hydrogens (primary N) is 1. The molecule has 0 aliphatic carbocycles. The van der Waals surface area contributed by atoms with Crippen LogP contribution in [0.25, 0.3) is 11.6 Å². The van der Waals surface area contributed by atoms with E-state index in [9.17, 15) is 0 Å². The van der Waals surface area contributed by atoms with Crippen molar-refractivity contribution in [3.05, 3.63) is 23.8 Å². The van der Waals surface area contributed by atoms with Crippen LogP contribution in [0.4, 0.5) is 0 Å². The quantitative estimate of drug-likeness (QED) is 0.881. The summed E-state index contributed by atoms with van der Waals surface area (Å²) in [7, 11) is 0. The van der Waals surface area contributed by atoms with Crippen molar-refractivity contribution in [1.82, 2.24) is 10.1 Å². The maximum atomic E-state index is 5.95. The average Bonchev–Trinajstić information content (AvgIpc) is 2.93. The van der Waals surface area contributed by atoms with Gasteiger partial charge >= 0.3 is 0 Å². The molecule has 0 saturated carbocycles. The third kappa shape index (κ3) is 2.70. The highest BCUT2D eigenvalue weighted by atomic mass is 32.2. The van der Waals surface area contributed by atoms with E-state index in [2.05, 4.69) is 10.1 Å². The maximum absolute atomic E-state index is 5.95. The average molecular weight is 253 g/mol. The van der Waals surface area contributed by atoms with E-state index in [0.717, 1.165) is 17.7 Å². The summed E-state index contributed by atoms with van der Waals surface area (Å²) in [5.74, 6) is 2.53. The highest BCUT2D eigenvalue weighted by Crippen LogP contribution is 2.23. The van der Waals surface area contributed by atoms with Gasteiger partial charge in [-0.25, -0.2) is 0 Å². The van der Waals surface area contributed by atoms with Crippen LogP contribution in [0.5, 0.6) is 0 Å². The van der Waals surface area contributed by atoms with Crippen LogP contribution in [0.3, 0.4) is 0 Å². The minimum atomic E-state index is -0.209. The smallest absolute Gasteiger partial charge is 0.244 e. The molecule has 2 aromatic rings. The molecule has 0 aromatic carbocycles.